The highest BCUT2D eigenvalue weighted by atomic mass is 16.3. The summed E-state index contributed by atoms with van der Waals surface area (Å²) in [6.07, 6.45) is 4.31. The highest BCUT2D eigenvalue weighted by Gasteiger charge is 2.49. The second-order valence-electron chi connectivity index (χ2n) is 4.14. The molecule has 4 heteroatoms. The summed E-state index contributed by atoms with van der Waals surface area (Å²) in [6.45, 7) is 0.600. The molecule has 2 rings (SSSR count). The second-order valence-corrected chi connectivity index (χ2v) is 4.14. The van der Waals surface area contributed by atoms with Crippen molar-refractivity contribution in [2.75, 3.05) is 13.2 Å². The lowest BCUT2D eigenvalue weighted by atomic mass is 10.1. The van der Waals surface area contributed by atoms with E-state index in [-0.39, 0.29) is 12.5 Å². The quantitative estimate of drug-likeness (QED) is 0.657. The van der Waals surface area contributed by atoms with Gasteiger partial charge in [0.1, 0.15) is 0 Å². The molecule has 0 radical (unpaired) electrons. The third-order valence-corrected chi connectivity index (χ3v) is 2.98. The molecule has 0 atom stereocenters. The normalized spacial score (nSPS) is 17.4. The first-order valence-electron chi connectivity index (χ1n) is 5.28. The molecule has 3 N–H and O–H groups in total. The van der Waals surface area contributed by atoms with Crippen LogP contribution < -0.4 is 5.32 Å². The van der Waals surface area contributed by atoms with Gasteiger partial charge in [0.25, 0.3) is 0 Å². The van der Waals surface area contributed by atoms with Gasteiger partial charge in [0.2, 0.25) is 5.91 Å². The summed E-state index contributed by atoms with van der Waals surface area (Å²) in [4.78, 5) is 14.7. The number of hydrogen-bond acceptors (Lipinski definition) is 2. The molecule has 0 saturated heterocycles. The fourth-order valence-corrected chi connectivity index (χ4v) is 1.63. The molecule has 0 aliphatic heterocycles. The third-order valence-electron chi connectivity index (χ3n) is 2.98. The summed E-state index contributed by atoms with van der Waals surface area (Å²) < 4.78 is 0. The molecule has 0 bridgehead atoms. The Labute approximate surface area is 88.7 Å². The Hall–Kier alpha value is -1.29. The van der Waals surface area contributed by atoms with Gasteiger partial charge in [-0.3, -0.25) is 4.79 Å². The number of rotatable bonds is 5. The minimum atomic E-state index is -0.449. The Morgan fingerprint density at radius 2 is 2.40 bits per heavy atom. The van der Waals surface area contributed by atoms with E-state index in [1.54, 1.807) is 0 Å². The Kier molecular flexibility index (Phi) is 2.77. The molecule has 1 aromatic heterocycles. The van der Waals surface area contributed by atoms with E-state index in [9.17, 15) is 4.79 Å². The van der Waals surface area contributed by atoms with Crippen LogP contribution in [0.15, 0.2) is 18.3 Å². The zero-order valence-electron chi connectivity index (χ0n) is 8.62. The van der Waals surface area contributed by atoms with Crippen LogP contribution in [0.25, 0.3) is 0 Å². The van der Waals surface area contributed by atoms with E-state index < -0.39 is 5.41 Å². The molecule has 82 valence electrons. The highest BCUT2D eigenvalue weighted by Crippen LogP contribution is 2.45. The molecule has 1 saturated carbocycles. The Morgan fingerprint density at radius 3 is 2.93 bits per heavy atom. The van der Waals surface area contributed by atoms with Crippen LogP contribution in [0.2, 0.25) is 0 Å². The van der Waals surface area contributed by atoms with Gasteiger partial charge in [0, 0.05) is 24.9 Å². The van der Waals surface area contributed by atoms with E-state index >= 15 is 0 Å². The molecular formula is C11H16N2O2. The molecule has 0 aromatic carbocycles. The van der Waals surface area contributed by atoms with Crippen molar-refractivity contribution in [3.8, 4) is 0 Å². The van der Waals surface area contributed by atoms with Crippen LogP contribution in [-0.2, 0) is 11.2 Å². The average molecular weight is 208 g/mol. The molecule has 1 fully saturated rings. The maximum atomic E-state index is 11.6. The summed E-state index contributed by atoms with van der Waals surface area (Å²) in [5.41, 5.74) is 0.666. The zero-order chi connectivity index (χ0) is 10.7. The van der Waals surface area contributed by atoms with E-state index in [1.807, 2.05) is 18.3 Å². The molecular weight excluding hydrogens is 192 g/mol. The van der Waals surface area contributed by atoms with E-state index in [1.165, 1.54) is 0 Å². The number of aliphatic hydroxyl groups excluding tert-OH is 1. The first-order valence-corrected chi connectivity index (χ1v) is 5.28. The Bertz CT molecular complexity index is 328. The SMILES string of the molecule is O=C(NCCc1ccc[nH]1)C1(CO)CC1. The number of aromatic amines is 1. The monoisotopic (exact) mass is 208 g/mol. The number of H-pyrrole nitrogens is 1. The lowest BCUT2D eigenvalue weighted by Gasteiger charge is -2.11. The van der Waals surface area contributed by atoms with Gasteiger partial charge < -0.3 is 15.4 Å². The van der Waals surface area contributed by atoms with Gasteiger partial charge >= 0.3 is 0 Å². The van der Waals surface area contributed by atoms with Crippen LogP contribution in [0, 0.1) is 5.41 Å². The van der Waals surface area contributed by atoms with E-state index in [2.05, 4.69) is 10.3 Å². The maximum Gasteiger partial charge on any atom is 0.228 e. The smallest absolute Gasteiger partial charge is 0.228 e. The van der Waals surface area contributed by atoms with Crippen LogP contribution in [-0.4, -0.2) is 29.1 Å². The maximum absolute atomic E-state index is 11.6. The van der Waals surface area contributed by atoms with Gasteiger partial charge in [-0.2, -0.15) is 0 Å². The Balaban J connectivity index is 1.72. The first-order chi connectivity index (χ1) is 7.27. The van der Waals surface area contributed by atoms with Gasteiger partial charge in [-0.25, -0.2) is 0 Å². The summed E-state index contributed by atoms with van der Waals surface area (Å²) in [5, 5.41) is 11.9. The lowest BCUT2D eigenvalue weighted by Crippen LogP contribution is -2.35. The van der Waals surface area contributed by atoms with Crippen molar-refractivity contribution < 1.29 is 9.90 Å². The molecule has 1 amide bonds. The van der Waals surface area contributed by atoms with Crippen molar-refractivity contribution in [2.45, 2.75) is 19.3 Å². The molecule has 4 nitrogen and oxygen atoms in total. The van der Waals surface area contributed by atoms with E-state index in [0.717, 1.165) is 25.0 Å². The predicted octanol–water partition coefficient (Wildman–Crippen LogP) is 0.446. The molecule has 15 heavy (non-hydrogen) atoms. The topological polar surface area (TPSA) is 65.1 Å². The van der Waals surface area contributed by atoms with Gasteiger partial charge in [-0.1, -0.05) is 0 Å². The van der Waals surface area contributed by atoms with Crippen molar-refractivity contribution >= 4 is 5.91 Å². The number of carbonyl (C=O) groups excluding carboxylic acids is 1. The Morgan fingerprint density at radius 1 is 1.60 bits per heavy atom. The zero-order valence-corrected chi connectivity index (χ0v) is 8.62. The van der Waals surface area contributed by atoms with Crippen molar-refractivity contribution in [2.24, 2.45) is 5.41 Å². The van der Waals surface area contributed by atoms with Gasteiger partial charge in [0.15, 0.2) is 0 Å². The van der Waals surface area contributed by atoms with Gasteiger partial charge in [-0.05, 0) is 25.0 Å². The molecule has 1 aliphatic rings. The van der Waals surface area contributed by atoms with Crippen LogP contribution in [0.4, 0.5) is 0 Å². The average Bonchev–Trinajstić information content (AvgIpc) is 2.90. The standard InChI is InChI=1S/C11H16N2O2/c14-8-11(4-5-11)10(15)13-7-3-9-2-1-6-12-9/h1-2,6,12,14H,3-5,7-8H2,(H,13,15). The van der Waals surface area contributed by atoms with Crippen LogP contribution >= 0.6 is 0 Å². The summed E-state index contributed by atoms with van der Waals surface area (Å²) in [5.74, 6) is -0.00319. The van der Waals surface area contributed by atoms with Crippen molar-refractivity contribution in [3.05, 3.63) is 24.0 Å². The second kappa shape index (κ2) is 4.06. The molecule has 1 aromatic rings. The third kappa shape index (κ3) is 2.21. The van der Waals surface area contributed by atoms with Crippen molar-refractivity contribution in [3.63, 3.8) is 0 Å². The summed E-state index contributed by atoms with van der Waals surface area (Å²) in [6, 6.07) is 3.93. The summed E-state index contributed by atoms with van der Waals surface area (Å²) >= 11 is 0. The number of aliphatic hydroxyl groups is 1. The lowest BCUT2D eigenvalue weighted by molar-refractivity contribution is -0.127. The minimum Gasteiger partial charge on any atom is -0.395 e. The largest absolute Gasteiger partial charge is 0.395 e. The van der Waals surface area contributed by atoms with Crippen molar-refractivity contribution in [1.29, 1.82) is 0 Å². The van der Waals surface area contributed by atoms with Crippen LogP contribution in [0.3, 0.4) is 0 Å². The van der Waals surface area contributed by atoms with Crippen LogP contribution in [0.1, 0.15) is 18.5 Å². The van der Waals surface area contributed by atoms with E-state index in [4.69, 9.17) is 5.11 Å². The van der Waals surface area contributed by atoms with Crippen LogP contribution in [0.5, 0.6) is 0 Å². The predicted molar refractivity (Wildman–Crippen MR) is 56.3 cm³/mol. The first kappa shape index (κ1) is 10.2. The molecule has 0 spiro atoms. The van der Waals surface area contributed by atoms with Gasteiger partial charge in [0.05, 0.1) is 12.0 Å². The molecule has 1 aliphatic carbocycles. The minimum absolute atomic E-state index is 0.00319. The summed E-state index contributed by atoms with van der Waals surface area (Å²) in [7, 11) is 0. The molecule has 0 unspecified atom stereocenters. The number of hydrogen-bond donors (Lipinski definition) is 3. The number of carbonyl (C=O) groups is 1. The number of aromatic nitrogens is 1. The van der Waals surface area contributed by atoms with Gasteiger partial charge in [-0.15, -0.1) is 0 Å². The fraction of sp³-hybridized carbons (Fsp3) is 0.545. The fourth-order valence-electron chi connectivity index (χ4n) is 1.63. The number of nitrogens with one attached hydrogen (secondary N) is 2. The van der Waals surface area contributed by atoms with Crippen molar-refractivity contribution in [1.82, 2.24) is 10.3 Å². The number of amides is 1. The molecule has 1 heterocycles. The van der Waals surface area contributed by atoms with E-state index in [0.29, 0.717) is 6.54 Å². The highest BCUT2D eigenvalue weighted by molar-refractivity contribution is 5.85.